The van der Waals surface area contributed by atoms with Gasteiger partial charge in [-0.3, -0.25) is 14.4 Å². The molecule has 0 aliphatic rings. The molecule has 12 heteroatoms. The molecule has 1 aromatic carbocycles. The number of esters is 1. The normalized spacial score (nSPS) is 12.2. The Bertz CT molecular complexity index is 1010. The molecule has 0 fully saturated rings. The lowest BCUT2D eigenvalue weighted by atomic mass is 10.3. The van der Waals surface area contributed by atoms with Crippen molar-refractivity contribution in [3.63, 3.8) is 0 Å². The van der Waals surface area contributed by atoms with Crippen LogP contribution in [0.4, 0.5) is 5.00 Å². The van der Waals surface area contributed by atoms with Gasteiger partial charge >= 0.3 is 5.97 Å². The number of hydrogen-bond acceptors (Lipinski definition) is 7. The Morgan fingerprint density at radius 1 is 1.29 bits per heavy atom. The first-order valence-corrected chi connectivity index (χ1v) is 10.9. The predicted octanol–water partition coefficient (Wildman–Crippen LogP) is 1.46. The first-order chi connectivity index (χ1) is 13.1. The molecule has 1 heterocycles. The van der Waals surface area contributed by atoms with Gasteiger partial charge in [0, 0.05) is 4.47 Å². The van der Waals surface area contributed by atoms with Gasteiger partial charge < -0.3 is 15.8 Å². The Kier molecular flexibility index (Phi) is 7.29. The van der Waals surface area contributed by atoms with E-state index in [1.807, 2.05) is 0 Å². The monoisotopic (exact) mass is 489 g/mol. The smallest absolute Gasteiger partial charge is 0.321 e. The van der Waals surface area contributed by atoms with Gasteiger partial charge in [0.05, 0.1) is 10.5 Å². The minimum absolute atomic E-state index is 0.0304. The Labute approximate surface area is 173 Å². The second-order valence-corrected chi connectivity index (χ2v) is 9.03. The Hall–Kier alpha value is -2.28. The number of amides is 2. The van der Waals surface area contributed by atoms with E-state index in [0.29, 0.717) is 4.47 Å². The number of halogens is 1. The number of anilines is 1. The highest BCUT2D eigenvalue weighted by molar-refractivity contribution is 9.10. The van der Waals surface area contributed by atoms with E-state index in [4.69, 9.17) is 10.5 Å². The van der Waals surface area contributed by atoms with Crippen molar-refractivity contribution in [1.29, 1.82) is 0 Å². The molecule has 0 aliphatic carbocycles. The zero-order valence-electron chi connectivity index (χ0n) is 14.5. The van der Waals surface area contributed by atoms with E-state index in [-0.39, 0.29) is 15.5 Å². The molecule has 9 nitrogen and oxygen atoms in total. The zero-order chi connectivity index (χ0) is 20.9. The lowest BCUT2D eigenvalue weighted by molar-refractivity contribution is -0.151. The van der Waals surface area contributed by atoms with E-state index in [1.165, 1.54) is 31.2 Å². The molecule has 0 saturated carbocycles. The average Bonchev–Trinajstić information content (AvgIpc) is 3.08. The van der Waals surface area contributed by atoms with Gasteiger partial charge in [-0.1, -0.05) is 22.0 Å². The minimum atomic E-state index is -3.92. The summed E-state index contributed by atoms with van der Waals surface area (Å²) in [6.45, 7) is 0.658. The zero-order valence-corrected chi connectivity index (χ0v) is 17.7. The van der Waals surface area contributed by atoms with Gasteiger partial charge in [-0.25, -0.2) is 8.42 Å². The summed E-state index contributed by atoms with van der Waals surface area (Å²) in [6, 6.07) is 7.39. The second kappa shape index (κ2) is 9.28. The fourth-order valence-corrected chi connectivity index (χ4v) is 4.34. The largest absolute Gasteiger partial charge is 0.452 e. The molecule has 4 N–H and O–H groups in total. The van der Waals surface area contributed by atoms with E-state index in [9.17, 15) is 22.8 Å². The number of benzene rings is 1. The number of thiophene rings is 1. The number of carbonyl (C=O) groups is 3. The number of rotatable bonds is 8. The summed E-state index contributed by atoms with van der Waals surface area (Å²) >= 11 is 4.25. The average molecular weight is 490 g/mol. The topological polar surface area (TPSA) is 145 Å². The predicted molar refractivity (Wildman–Crippen MR) is 106 cm³/mol. The van der Waals surface area contributed by atoms with E-state index < -0.39 is 40.5 Å². The molecule has 150 valence electrons. The highest BCUT2D eigenvalue weighted by atomic mass is 79.9. The number of primary amides is 1. The number of nitrogens with one attached hydrogen (secondary N) is 2. The van der Waals surface area contributed by atoms with Gasteiger partial charge in [-0.15, -0.1) is 11.3 Å². The van der Waals surface area contributed by atoms with Crippen LogP contribution < -0.4 is 15.8 Å². The molecule has 0 bridgehead atoms. The quantitative estimate of drug-likeness (QED) is 0.478. The van der Waals surface area contributed by atoms with Gasteiger partial charge in [-0.05, 0) is 36.6 Å². The van der Waals surface area contributed by atoms with E-state index >= 15 is 0 Å². The summed E-state index contributed by atoms with van der Waals surface area (Å²) in [4.78, 5) is 35.2. The van der Waals surface area contributed by atoms with Gasteiger partial charge in [0.2, 0.25) is 10.0 Å². The Morgan fingerprint density at radius 2 is 2.00 bits per heavy atom. The van der Waals surface area contributed by atoms with E-state index in [0.717, 1.165) is 11.3 Å². The lowest BCUT2D eigenvalue weighted by Crippen LogP contribution is -2.36. The van der Waals surface area contributed by atoms with Crippen molar-refractivity contribution in [2.24, 2.45) is 5.73 Å². The molecule has 2 rings (SSSR count). The molecule has 1 aromatic heterocycles. The lowest BCUT2D eigenvalue weighted by Gasteiger charge is -2.14. The summed E-state index contributed by atoms with van der Waals surface area (Å²) < 4.78 is 31.9. The van der Waals surface area contributed by atoms with Crippen LogP contribution in [0.3, 0.4) is 0 Å². The third-order valence-corrected chi connectivity index (χ3v) is 6.08. The van der Waals surface area contributed by atoms with Gasteiger partial charge in [0.25, 0.3) is 11.8 Å². The van der Waals surface area contributed by atoms with E-state index in [2.05, 4.69) is 26.0 Å². The maximum Gasteiger partial charge on any atom is 0.321 e. The van der Waals surface area contributed by atoms with Crippen LogP contribution in [0.2, 0.25) is 0 Å². The van der Waals surface area contributed by atoms with Crippen molar-refractivity contribution in [3.05, 3.63) is 45.7 Å². The van der Waals surface area contributed by atoms with Crippen LogP contribution in [0, 0.1) is 0 Å². The molecule has 0 spiro atoms. The summed E-state index contributed by atoms with van der Waals surface area (Å²) in [5.74, 6) is -2.33. The highest BCUT2D eigenvalue weighted by Crippen LogP contribution is 2.23. The number of sulfonamides is 1. The Morgan fingerprint density at radius 3 is 2.64 bits per heavy atom. The van der Waals surface area contributed by atoms with Crippen molar-refractivity contribution in [2.75, 3.05) is 11.9 Å². The number of hydrogen-bond donors (Lipinski definition) is 3. The molecule has 0 aliphatic heterocycles. The first-order valence-electron chi connectivity index (χ1n) is 7.73. The highest BCUT2D eigenvalue weighted by Gasteiger charge is 2.22. The summed E-state index contributed by atoms with van der Waals surface area (Å²) in [5.41, 5.74) is 5.33. The van der Waals surface area contributed by atoms with E-state index in [1.54, 1.807) is 11.4 Å². The fourth-order valence-electron chi connectivity index (χ4n) is 1.98. The minimum Gasteiger partial charge on any atom is -0.452 e. The number of carbonyl (C=O) groups excluding carboxylic acids is 3. The molecule has 2 amide bonds. The van der Waals surface area contributed by atoms with Gasteiger partial charge in [0.1, 0.15) is 11.5 Å². The molecular weight excluding hydrogens is 474 g/mol. The molecule has 1 atom stereocenters. The number of ether oxygens (including phenoxy) is 1. The maximum absolute atomic E-state index is 12.2. The van der Waals surface area contributed by atoms with Crippen LogP contribution >= 0.6 is 27.3 Å². The molecule has 2 aromatic rings. The van der Waals surface area contributed by atoms with Gasteiger partial charge in [-0.2, -0.15) is 4.72 Å². The second-order valence-electron chi connectivity index (χ2n) is 5.43. The van der Waals surface area contributed by atoms with Crippen molar-refractivity contribution in [1.82, 2.24) is 4.72 Å². The van der Waals surface area contributed by atoms with Crippen LogP contribution in [-0.4, -0.2) is 38.9 Å². The van der Waals surface area contributed by atoms with Crippen LogP contribution in [-0.2, 0) is 24.3 Å². The molecule has 0 radical (unpaired) electrons. The standard InChI is InChI=1S/C16H16BrN3O6S2/c1-9(15(23)20-16-12(14(18)22)5-6-27-16)26-13(21)8-19-28(24,25)11-4-2-3-10(17)7-11/h2-7,9,19H,8H2,1H3,(H2,18,22)(H,20,23). The maximum atomic E-state index is 12.2. The Balaban J connectivity index is 1.90. The van der Waals surface area contributed by atoms with Crippen molar-refractivity contribution in [3.8, 4) is 0 Å². The van der Waals surface area contributed by atoms with Crippen LogP contribution in [0.15, 0.2) is 45.1 Å². The molecule has 0 saturated heterocycles. The fraction of sp³-hybridized carbons (Fsp3) is 0.188. The summed E-state index contributed by atoms with van der Waals surface area (Å²) in [7, 11) is -3.92. The number of nitrogens with two attached hydrogens (primary N) is 1. The first kappa shape index (κ1) is 22.0. The molecule has 28 heavy (non-hydrogen) atoms. The van der Waals surface area contributed by atoms with Crippen molar-refractivity contribution >= 4 is 60.1 Å². The summed E-state index contributed by atoms with van der Waals surface area (Å²) in [5, 5.41) is 4.24. The third kappa shape index (κ3) is 5.86. The van der Waals surface area contributed by atoms with Crippen molar-refractivity contribution in [2.45, 2.75) is 17.9 Å². The van der Waals surface area contributed by atoms with Crippen LogP contribution in [0.25, 0.3) is 0 Å². The SMILES string of the molecule is CC(OC(=O)CNS(=O)(=O)c1cccc(Br)c1)C(=O)Nc1sccc1C(N)=O. The van der Waals surface area contributed by atoms with Crippen LogP contribution in [0.1, 0.15) is 17.3 Å². The van der Waals surface area contributed by atoms with Gasteiger partial charge in [0.15, 0.2) is 6.10 Å². The molecule has 1 unspecified atom stereocenters. The van der Waals surface area contributed by atoms with Crippen molar-refractivity contribution < 1.29 is 27.5 Å². The van der Waals surface area contributed by atoms with Crippen LogP contribution in [0.5, 0.6) is 0 Å². The summed E-state index contributed by atoms with van der Waals surface area (Å²) in [6.07, 6.45) is -1.22. The third-order valence-electron chi connectivity index (χ3n) is 3.36. The molecular formula is C16H16BrN3O6S2.